The lowest BCUT2D eigenvalue weighted by Gasteiger charge is -2.42. The molecule has 1 amide bonds. The molecule has 11 nitrogen and oxygen atoms in total. The van der Waals surface area contributed by atoms with Crippen molar-refractivity contribution in [2.75, 3.05) is 34.4 Å². The third-order valence-electron chi connectivity index (χ3n) is 7.77. The highest BCUT2D eigenvalue weighted by Crippen LogP contribution is 2.43. The molecule has 1 saturated heterocycles. The Morgan fingerprint density at radius 2 is 1.77 bits per heavy atom. The summed E-state index contributed by atoms with van der Waals surface area (Å²) in [5.41, 5.74) is 6.43. The summed E-state index contributed by atoms with van der Waals surface area (Å²) in [7, 11) is 4.41. The zero-order valence-corrected chi connectivity index (χ0v) is 22.7. The number of fused-ring (bicyclic) bond motifs is 4. The molecule has 1 aromatic carbocycles. The van der Waals surface area contributed by atoms with Crippen LogP contribution in [0.4, 0.5) is 0 Å². The molecule has 1 fully saturated rings. The van der Waals surface area contributed by atoms with Crippen molar-refractivity contribution in [1.82, 2.24) is 9.47 Å². The number of methoxy groups -OCH3 is 3. The molecule has 11 heteroatoms. The van der Waals surface area contributed by atoms with Crippen LogP contribution in [0.3, 0.4) is 0 Å². The smallest absolute Gasteiger partial charge is 0.250 e. The number of likely N-dealkylation sites (tertiary alicyclic amines) is 1. The number of carbonyl (C=O) groups is 1. The average molecular weight is 552 g/mol. The molecule has 40 heavy (non-hydrogen) atoms. The number of primary amides is 1. The van der Waals surface area contributed by atoms with Gasteiger partial charge in [-0.15, -0.1) is 0 Å². The van der Waals surface area contributed by atoms with Crippen LogP contribution in [0.1, 0.15) is 47.5 Å². The molecule has 0 spiro atoms. The SMILES string of the molecule is COc1cc(OC)c(C(CC(N)=O)c2oc(CN3C[C@H]4C[C@@H](C3)c3cccc(=O)n3C4)cc(=O)c2O)cc1OC. The van der Waals surface area contributed by atoms with Crippen LogP contribution < -0.4 is 30.9 Å². The van der Waals surface area contributed by atoms with Crippen LogP contribution in [0.5, 0.6) is 23.0 Å². The van der Waals surface area contributed by atoms with Gasteiger partial charge in [-0.1, -0.05) is 6.07 Å². The van der Waals surface area contributed by atoms with E-state index in [4.69, 9.17) is 24.4 Å². The fourth-order valence-corrected chi connectivity index (χ4v) is 6.08. The zero-order valence-electron chi connectivity index (χ0n) is 22.7. The number of pyridine rings is 1. The molecule has 5 rings (SSSR count). The van der Waals surface area contributed by atoms with E-state index in [1.54, 1.807) is 24.3 Å². The second-order valence-corrected chi connectivity index (χ2v) is 10.4. The van der Waals surface area contributed by atoms with Crippen LogP contribution in [-0.4, -0.2) is 54.9 Å². The summed E-state index contributed by atoms with van der Waals surface area (Å²) < 4.78 is 24.4. The first-order valence-corrected chi connectivity index (χ1v) is 13.1. The van der Waals surface area contributed by atoms with E-state index in [2.05, 4.69) is 4.90 Å². The van der Waals surface area contributed by atoms with Crippen LogP contribution in [0.25, 0.3) is 0 Å². The number of hydrogen-bond acceptors (Lipinski definition) is 9. The van der Waals surface area contributed by atoms with Crippen LogP contribution in [0, 0.1) is 5.92 Å². The quantitative estimate of drug-likeness (QED) is 0.408. The number of carbonyl (C=O) groups excluding carboxylic acids is 1. The van der Waals surface area contributed by atoms with E-state index in [0.29, 0.717) is 48.2 Å². The zero-order chi connectivity index (χ0) is 28.6. The molecule has 0 aliphatic carbocycles. The molecule has 2 aliphatic heterocycles. The second-order valence-electron chi connectivity index (χ2n) is 10.4. The Labute approximate surface area is 230 Å². The Bertz CT molecular complexity index is 1550. The highest BCUT2D eigenvalue weighted by Gasteiger charge is 2.35. The monoisotopic (exact) mass is 551 g/mol. The summed E-state index contributed by atoms with van der Waals surface area (Å²) >= 11 is 0. The highest BCUT2D eigenvalue weighted by molar-refractivity contribution is 5.76. The Balaban J connectivity index is 1.50. The molecule has 0 radical (unpaired) electrons. The average Bonchev–Trinajstić information content (AvgIpc) is 2.93. The minimum absolute atomic E-state index is 0.0147. The van der Waals surface area contributed by atoms with Gasteiger partial charge in [-0.05, 0) is 24.5 Å². The van der Waals surface area contributed by atoms with Crippen molar-refractivity contribution in [3.05, 3.63) is 79.8 Å². The van der Waals surface area contributed by atoms with Gasteiger partial charge in [0.15, 0.2) is 17.3 Å². The molecule has 212 valence electrons. The number of amides is 1. The summed E-state index contributed by atoms with van der Waals surface area (Å²) in [5, 5.41) is 10.8. The van der Waals surface area contributed by atoms with Gasteiger partial charge in [0.05, 0.1) is 33.8 Å². The lowest BCUT2D eigenvalue weighted by molar-refractivity contribution is -0.118. The molecule has 3 N–H and O–H groups in total. The van der Waals surface area contributed by atoms with Crippen LogP contribution in [0.15, 0.2) is 50.4 Å². The molecule has 2 aliphatic rings. The lowest BCUT2D eigenvalue weighted by atomic mass is 9.83. The largest absolute Gasteiger partial charge is 0.502 e. The Morgan fingerprint density at radius 1 is 1.05 bits per heavy atom. The van der Waals surface area contributed by atoms with Crippen LogP contribution >= 0.6 is 0 Å². The van der Waals surface area contributed by atoms with Gasteiger partial charge in [0, 0.05) is 61.4 Å². The first-order valence-electron chi connectivity index (χ1n) is 13.1. The predicted octanol–water partition coefficient (Wildman–Crippen LogP) is 2.16. The van der Waals surface area contributed by atoms with Crippen LogP contribution in [-0.2, 0) is 17.9 Å². The van der Waals surface area contributed by atoms with E-state index in [9.17, 15) is 19.5 Å². The molecule has 0 saturated carbocycles. The van der Waals surface area contributed by atoms with Gasteiger partial charge >= 0.3 is 0 Å². The second kappa shape index (κ2) is 11.1. The van der Waals surface area contributed by atoms with Gasteiger partial charge in [0.1, 0.15) is 11.5 Å². The molecular formula is C29H33N3O8. The van der Waals surface area contributed by atoms with Gasteiger partial charge < -0.3 is 34.0 Å². The number of aromatic nitrogens is 1. The van der Waals surface area contributed by atoms with E-state index in [-0.39, 0.29) is 29.6 Å². The fraction of sp³-hybridized carbons (Fsp3) is 0.414. The summed E-state index contributed by atoms with van der Waals surface area (Å²) in [6.07, 6.45) is 0.732. The van der Waals surface area contributed by atoms with Gasteiger partial charge in [0.25, 0.3) is 5.56 Å². The van der Waals surface area contributed by atoms with Crippen molar-refractivity contribution in [2.45, 2.75) is 37.8 Å². The molecule has 3 aromatic rings. The number of benzene rings is 1. The molecule has 2 aromatic heterocycles. The predicted molar refractivity (Wildman–Crippen MR) is 145 cm³/mol. The molecule has 1 unspecified atom stereocenters. The Morgan fingerprint density at radius 3 is 2.48 bits per heavy atom. The van der Waals surface area contributed by atoms with Crippen molar-refractivity contribution in [3.8, 4) is 23.0 Å². The van der Waals surface area contributed by atoms with Gasteiger partial charge in [-0.25, -0.2) is 0 Å². The first-order chi connectivity index (χ1) is 19.2. The number of piperidine rings is 1. The van der Waals surface area contributed by atoms with Crippen LogP contribution in [0.2, 0.25) is 0 Å². The van der Waals surface area contributed by atoms with Crippen molar-refractivity contribution in [2.24, 2.45) is 11.7 Å². The standard InChI is InChI=1S/C29H33N3O8/c1-37-23-11-25(39-3)24(38-2)9-19(23)20(10-26(30)34)29-28(36)22(33)8-18(40-29)15-31-12-16-7-17(14-31)21-5-4-6-27(35)32(21)13-16/h4-6,8-9,11,16-17,20,36H,7,10,12-15H2,1-3H3,(H2,30,34)/t16-,17+,20?/m1/s1. The number of aromatic hydroxyl groups is 1. The summed E-state index contributed by atoms with van der Waals surface area (Å²) in [5.74, 6) is -0.351. The van der Waals surface area contributed by atoms with Gasteiger partial charge in [0.2, 0.25) is 17.1 Å². The minimum atomic E-state index is -0.931. The van der Waals surface area contributed by atoms with Gasteiger partial charge in [-0.2, -0.15) is 0 Å². The van der Waals surface area contributed by atoms with E-state index >= 15 is 0 Å². The summed E-state index contributed by atoms with van der Waals surface area (Å²) in [4.78, 5) is 39.7. The number of rotatable bonds is 9. The Kier molecular flexibility index (Phi) is 7.57. The maximum atomic E-state index is 12.9. The maximum absolute atomic E-state index is 12.9. The molecule has 2 bridgehead atoms. The number of ether oxygens (including phenoxy) is 3. The van der Waals surface area contributed by atoms with E-state index in [0.717, 1.165) is 18.7 Å². The van der Waals surface area contributed by atoms with Crippen molar-refractivity contribution < 1.29 is 28.5 Å². The Hall–Kier alpha value is -4.25. The summed E-state index contributed by atoms with van der Waals surface area (Å²) in [6.45, 7) is 2.38. The molecular weight excluding hydrogens is 518 g/mol. The normalized spacial score (nSPS) is 19.0. The van der Waals surface area contributed by atoms with E-state index in [1.807, 2.05) is 10.6 Å². The van der Waals surface area contributed by atoms with E-state index < -0.39 is 23.0 Å². The van der Waals surface area contributed by atoms with Crippen molar-refractivity contribution >= 4 is 5.91 Å². The molecule has 3 atom stereocenters. The number of nitrogens with two attached hydrogens (primary N) is 1. The fourth-order valence-electron chi connectivity index (χ4n) is 6.08. The van der Waals surface area contributed by atoms with Crippen molar-refractivity contribution in [3.63, 3.8) is 0 Å². The highest BCUT2D eigenvalue weighted by atomic mass is 16.5. The number of hydrogen-bond donors (Lipinski definition) is 2. The third kappa shape index (κ3) is 5.16. The van der Waals surface area contributed by atoms with Crippen molar-refractivity contribution in [1.29, 1.82) is 0 Å². The number of nitrogens with zero attached hydrogens (tertiary/aromatic N) is 2. The molecule has 4 heterocycles. The first kappa shape index (κ1) is 27.3. The maximum Gasteiger partial charge on any atom is 0.250 e. The van der Waals surface area contributed by atoms with Gasteiger partial charge in [-0.3, -0.25) is 19.3 Å². The third-order valence-corrected chi connectivity index (χ3v) is 7.77. The summed E-state index contributed by atoms with van der Waals surface area (Å²) in [6, 6.07) is 9.86. The minimum Gasteiger partial charge on any atom is -0.502 e. The lowest BCUT2D eigenvalue weighted by Crippen LogP contribution is -2.46. The van der Waals surface area contributed by atoms with E-state index in [1.165, 1.54) is 27.4 Å². The topological polar surface area (TPSA) is 146 Å².